The van der Waals surface area contributed by atoms with E-state index in [4.69, 9.17) is 0 Å². The summed E-state index contributed by atoms with van der Waals surface area (Å²) in [5, 5.41) is 12.4. The minimum atomic E-state index is -0.347. The van der Waals surface area contributed by atoms with Crippen molar-refractivity contribution in [1.29, 1.82) is 0 Å². The predicted octanol–water partition coefficient (Wildman–Crippen LogP) is 4.76. The lowest BCUT2D eigenvalue weighted by Gasteiger charge is -2.40. The van der Waals surface area contributed by atoms with Crippen LogP contribution in [0.2, 0.25) is 0 Å². The highest BCUT2D eigenvalue weighted by Gasteiger charge is 2.34. The third kappa shape index (κ3) is 5.69. The molecule has 2 saturated heterocycles. The number of aromatic nitrogens is 2. The molecule has 10 heteroatoms. The first-order valence-electron chi connectivity index (χ1n) is 13.9. The first-order chi connectivity index (χ1) is 20.1. The number of rotatable bonds is 7. The number of anilines is 3. The topological polar surface area (TPSA) is 81.9 Å². The van der Waals surface area contributed by atoms with E-state index in [-0.39, 0.29) is 22.5 Å². The normalized spacial score (nSPS) is 16.3. The van der Waals surface area contributed by atoms with Crippen LogP contribution in [0, 0.1) is 15.9 Å². The van der Waals surface area contributed by atoms with Gasteiger partial charge < -0.3 is 14.7 Å². The number of halogens is 1. The lowest BCUT2D eigenvalue weighted by molar-refractivity contribution is -0.383. The summed E-state index contributed by atoms with van der Waals surface area (Å²) in [5.74, 6) is 0.456. The van der Waals surface area contributed by atoms with Gasteiger partial charge in [0, 0.05) is 58.0 Å². The van der Waals surface area contributed by atoms with Crippen LogP contribution in [-0.4, -0.2) is 72.1 Å². The maximum absolute atomic E-state index is 13.4. The lowest BCUT2D eigenvalue weighted by Crippen LogP contribution is -2.49. The third-order valence-electron chi connectivity index (χ3n) is 7.95. The molecule has 1 aromatic heterocycles. The quantitative estimate of drug-likeness (QED) is 0.239. The fraction of sp³-hybridized carbons (Fsp3) is 0.290. The zero-order valence-corrected chi connectivity index (χ0v) is 22.7. The Labute approximate surface area is 238 Å². The molecule has 0 saturated carbocycles. The first-order valence-corrected chi connectivity index (χ1v) is 13.9. The molecule has 210 valence electrons. The molecule has 4 aromatic rings. The summed E-state index contributed by atoms with van der Waals surface area (Å²) in [7, 11) is 0. The van der Waals surface area contributed by atoms with Gasteiger partial charge in [-0.1, -0.05) is 60.7 Å². The van der Waals surface area contributed by atoms with Gasteiger partial charge in [0.1, 0.15) is 12.1 Å². The van der Waals surface area contributed by atoms with Gasteiger partial charge in [-0.05, 0) is 35.4 Å². The Morgan fingerprint density at radius 3 is 1.61 bits per heavy atom. The van der Waals surface area contributed by atoms with Gasteiger partial charge in [0.15, 0.2) is 0 Å². The summed E-state index contributed by atoms with van der Waals surface area (Å²) in [6, 6.07) is 27.4. The SMILES string of the molecule is O=[N+]([O-])c1c(N2CCN(c3ccc(F)cc3)CC2)ncnc1N1CCN(C(c2ccccc2)c2ccccc2)CC1. The highest BCUT2D eigenvalue weighted by Crippen LogP contribution is 2.36. The molecular weight excluding hydrogens is 521 g/mol. The molecule has 0 bridgehead atoms. The molecule has 9 nitrogen and oxygen atoms in total. The number of nitrogens with zero attached hydrogens (tertiary/aromatic N) is 7. The molecule has 2 fully saturated rings. The maximum atomic E-state index is 13.4. The van der Waals surface area contributed by atoms with Crippen molar-refractivity contribution in [2.45, 2.75) is 6.04 Å². The minimum Gasteiger partial charge on any atom is -0.368 e. The van der Waals surface area contributed by atoms with E-state index in [1.165, 1.54) is 29.6 Å². The second kappa shape index (κ2) is 11.9. The van der Waals surface area contributed by atoms with Crippen LogP contribution < -0.4 is 14.7 Å². The van der Waals surface area contributed by atoms with Gasteiger partial charge in [-0.2, -0.15) is 0 Å². The van der Waals surface area contributed by atoms with Gasteiger partial charge in [0.2, 0.25) is 11.6 Å². The van der Waals surface area contributed by atoms with Gasteiger partial charge in [0.25, 0.3) is 0 Å². The second-order valence-electron chi connectivity index (χ2n) is 10.3. The van der Waals surface area contributed by atoms with Crippen LogP contribution in [-0.2, 0) is 0 Å². The lowest BCUT2D eigenvalue weighted by atomic mass is 9.96. The van der Waals surface area contributed by atoms with Gasteiger partial charge in [-0.15, -0.1) is 0 Å². The molecule has 6 rings (SSSR count). The van der Waals surface area contributed by atoms with Crippen LogP contribution in [0.25, 0.3) is 0 Å². The fourth-order valence-corrected chi connectivity index (χ4v) is 5.89. The van der Waals surface area contributed by atoms with E-state index < -0.39 is 0 Å². The third-order valence-corrected chi connectivity index (χ3v) is 7.95. The second-order valence-corrected chi connectivity index (χ2v) is 10.3. The summed E-state index contributed by atoms with van der Waals surface area (Å²) < 4.78 is 13.4. The summed E-state index contributed by atoms with van der Waals surface area (Å²) in [6.45, 7) is 5.15. The molecule has 0 aliphatic carbocycles. The smallest absolute Gasteiger partial charge is 0.353 e. The van der Waals surface area contributed by atoms with Gasteiger partial charge in [-0.25, -0.2) is 14.4 Å². The van der Waals surface area contributed by atoms with Crippen LogP contribution in [0.15, 0.2) is 91.3 Å². The fourth-order valence-electron chi connectivity index (χ4n) is 5.89. The van der Waals surface area contributed by atoms with Crippen molar-refractivity contribution in [3.63, 3.8) is 0 Å². The largest absolute Gasteiger partial charge is 0.368 e. The van der Waals surface area contributed by atoms with Crippen LogP contribution in [0.4, 0.5) is 27.4 Å². The number of benzene rings is 3. The van der Waals surface area contributed by atoms with E-state index in [0.29, 0.717) is 50.9 Å². The Kier molecular flexibility index (Phi) is 7.73. The van der Waals surface area contributed by atoms with Crippen LogP contribution >= 0.6 is 0 Å². The Hall–Kier alpha value is -4.57. The van der Waals surface area contributed by atoms with Crippen molar-refractivity contribution in [2.24, 2.45) is 0 Å². The summed E-state index contributed by atoms with van der Waals surface area (Å²) in [4.78, 5) is 29.4. The van der Waals surface area contributed by atoms with Gasteiger partial charge >= 0.3 is 5.69 Å². The minimum absolute atomic E-state index is 0.0427. The van der Waals surface area contributed by atoms with Crippen molar-refractivity contribution >= 4 is 23.0 Å². The van der Waals surface area contributed by atoms with E-state index in [2.05, 4.69) is 68.3 Å². The molecule has 2 aliphatic heterocycles. The first kappa shape index (κ1) is 26.6. The van der Waals surface area contributed by atoms with Crippen molar-refractivity contribution in [1.82, 2.24) is 14.9 Å². The number of nitro groups is 1. The highest BCUT2D eigenvalue weighted by molar-refractivity contribution is 5.72. The molecule has 0 radical (unpaired) electrons. The Morgan fingerprint density at radius 1 is 0.659 bits per heavy atom. The predicted molar refractivity (Wildman–Crippen MR) is 158 cm³/mol. The zero-order chi connectivity index (χ0) is 28.2. The number of hydrogen-bond acceptors (Lipinski definition) is 8. The van der Waals surface area contributed by atoms with E-state index in [1.54, 1.807) is 12.1 Å². The number of hydrogen-bond donors (Lipinski definition) is 0. The van der Waals surface area contributed by atoms with Crippen molar-refractivity contribution < 1.29 is 9.31 Å². The summed E-state index contributed by atoms with van der Waals surface area (Å²) >= 11 is 0. The molecule has 2 aliphatic rings. The molecule has 41 heavy (non-hydrogen) atoms. The molecule has 0 atom stereocenters. The molecule has 0 spiro atoms. The van der Waals surface area contributed by atoms with Crippen LogP contribution in [0.1, 0.15) is 17.2 Å². The molecule has 3 heterocycles. The van der Waals surface area contributed by atoms with E-state index in [0.717, 1.165) is 18.8 Å². The molecule has 0 amide bonds. The highest BCUT2D eigenvalue weighted by atomic mass is 19.1. The Balaban J connectivity index is 1.19. The maximum Gasteiger partial charge on any atom is 0.353 e. The molecular formula is C31H32FN7O2. The molecule has 0 unspecified atom stereocenters. The van der Waals surface area contributed by atoms with Gasteiger partial charge in [-0.3, -0.25) is 15.0 Å². The Morgan fingerprint density at radius 2 is 1.12 bits per heavy atom. The van der Waals surface area contributed by atoms with E-state index in [1.807, 2.05) is 21.9 Å². The van der Waals surface area contributed by atoms with Crippen molar-refractivity contribution in [3.05, 3.63) is 118 Å². The number of piperazine rings is 2. The Bertz CT molecular complexity index is 1420. The van der Waals surface area contributed by atoms with Crippen molar-refractivity contribution in [3.8, 4) is 0 Å². The van der Waals surface area contributed by atoms with E-state index >= 15 is 0 Å². The molecule has 3 aromatic carbocycles. The zero-order valence-electron chi connectivity index (χ0n) is 22.7. The van der Waals surface area contributed by atoms with Crippen LogP contribution in [0.5, 0.6) is 0 Å². The van der Waals surface area contributed by atoms with Gasteiger partial charge in [0.05, 0.1) is 11.0 Å². The monoisotopic (exact) mass is 553 g/mol. The summed E-state index contributed by atoms with van der Waals surface area (Å²) in [6.07, 6.45) is 1.44. The average molecular weight is 554 g/mol. The van der Waals surface area contributed by atoms with Crippen LogP contribution in [0.3, 0.4) is 0 Å². The standard InChI is InChI=1S/C31H32FN7O2/c32-26-11-13-27(14-12-26)35-15-19-37(20-16-35)30-29(39(40)41)31(34-23-33-30)38-21-17-36(18-22-38)28(24-7-3-1-4-8-24)25-9-5-2-6-10-25/h1-14,23,28H,15-22H2. The molecule has 0 N–H and O–H groups in total. The van der Waals surface area contributed by atoms with Crippen molar-refractivity contribution in [2.75, 3.05) is 67.1 Å². The summed E-state index contributed by atoms with van der Waals surface area (Å²) in [5.41, 5.74) is 3.34. The average Bonchev–Trinajstić information content (AvgIpc) is 3.03. The van der Waals surface area contributed by atoms with E-state index in [9.17, 15) is 14.5 Å².